The first kappa shape index (κ1) is 13.4. The number of thiophene rings is 1. The maximum Gasteiger partial charge on any atom is 0.0660 e. The van der Waals surface area contributed by atoms with Gasteiger partial charge in [-0.2, -0.15) is 0 Å². The molecule has 0 amide bonds. The molecule has 1 N–H and O–H groups in total. The van der Waals surface area contributed by atoms with Gasteiger partial charge in [0.2, 0.25) is 0 Å². The third-order valence-electron chi connectivity index (χ3n) is 3.65. The molecule has 2 aromatic rings. The van der Waals surface area contributed by atoms with Gasteiger partial charge in [-0.25, -0.2) is 0 Å². The van der Waals surface area contributed by atoms with Crippen LogP contribution in [0.5, 0.6) is 0 Å². The summed E-state index contributed by atoms with van der Waals surface area (Å²) in [7, 11) is 0. The lowest BCUT2D eigenvalue weighted by Gasteiger charge is -2.25. The summed E-state index contributed by atoms with van der Waals surface area (Å²) in [5, 5.41) is 3.74. The molecule has 0 fully saturated rings. The lowest BCUT2D eigenvalue weighted by atomic mass is 9.93. The van der Waals surface area contributed by atoms with Crippen molar-refractivity contribution in [2.45, 2.75) is 39.2 Å². The van der Waals surface area contributed by atoms with Crippen molar-refractivity contribution >= 4 is 39.6 Å². The number of aryl methyl sites for hydroxylation is 3. The van der Waals surface area contributed by atoms with Crippen molar-refractivity contribution in [3.8, 4) is 0 Å². The van der Waals surface area contributed by atoms with Gasteiger partial charge in [0, 0.05) is 10.6 Å². The Morgan fingerprint density at radius 2 is 1.89 bits per heavy atom. The van der Waals surface area contributed by atoms with Crippen LogP contribution in [-0.4, -0.2) is 0 Å². The van der Waals surface area contributed by atoms with Crippen LogP contribution in [0.25, 0.3) is 0 Å². The average molecular weight is 383 g/mol. The summed E-state index contributed by atoms with van der Waals surface area (Å²) in [6.07, 6.45) is 3.80. The molecule has 1 aromatic heterocycles. The van der Waals surface area contributed by atoms with Crippen LogP contribution in [0.1, 0.15) is 40.5 Å². The fraction of sp³-hybridized carbons (Fsp3) is 0.375. The van der Waals surface area contributed by atoms with Crippen molar-refractivity contribution in [3.05, 3.63) is 48.7 Å². The lowest BCUT2D eigenvalue weighted by molar-refractivity contribution is 0.608. The summed E-state index contributed by atoms with van der Waals surface area (Å²) < 4.78 is 1.41. The van der Waals surface area contributed by atoms with Gasteiger partial charge in [-0.3, -0.25) is 0 Å². The van der Waals surface area contributed by atoms with Gasteiger partial charge in [0.15, 0.2) is 0 Å². The second kappa shape index (κ2) is 5.44. The predicted octanol–water partition coefficient (Wildman–Crippen LogP) is 5.46. The molecule has 0 saturated carbocycles. The molecule has 19 heavy (non-hydrogen) atoms. The highest BCUT2D eigenvalue weighted by atomic mass is 127. The van der Waals surface area contributed by atoms with Gasteiger partial charge in [0.1, 0.15) is 0 Å². The molecule has 100 valence electrons. The third-order valence-corrected chi connectivity index (χ3v) is 5.62. The standard InChI is InChI=1S/C16H18INS/c1-10-6-11(2)8-12(7-10)18-14-4-3-5-15-13(14)9-16(17)19-15/h6-9,14,18H,3-5H2,1-2H3. The second-order valence-corrected chi connectivity index (χ2v) is 8.43. The Hall–Kier alpha value is -0.550. The number of halogens is 1. The van der Waals surface area contributed by atoms with E-state index in [4.69, 9.17) is 0 Å². The van der Waals surface area contributed by atoms with Crippen molar-refractivity contribution in [2.24, 2.45) is 0 Å². The minimum absolute atomic E-state index is 0.490. The first-order valence-electron chi connectivity index (χ1n) is 6.75. The molecule has 1 aromatic carbocycles. The van der Waals surface area contributed by atoms with E-state index in [1.54, 1.807) is 4.88 Å². The van der Waals surface area contributed by atoms with E-state index in [2.05, 4.69) is 66.0 Å². The van der Waals surface area contributed by atoms with E-state index in [0.29, 0.717) is 6.04 Å². The van der Waals surface area contributed by atoms with Crippen LogP contribution in [-0.2, 0) is 6.42 Å². The summed E-state index contributed by atoms with van der Waals surface area (Å²) in [4.78, 5) is 1.58. The number of hydrogen-bond acceptors (Lipinski definition) is 2. The Balaban J connectivity index is 1.88. The van der Waals surface area contributed by atoms with Crippen LogP contribution in [0.4, 0.5) is 5.69 Å². The van der Waals surface area contributed by atoms with Crippen LogP contribution < -0.4 is 5.32 Å². The number of benzene rings is 1. The molecular formula is C16H18INS. The summed E-state index contributed by atoms with van der Waals surface area (Å²) in [5.74, 6) is 0. The van der Waals surface area contributed by atoms with Crippen LogP contribution in [0.15, 0.2) is 24.3 Å². The summed E-state index contributed by atoms with van der Waals surface area (Å²) in [6, 6.07) is 9.58. The minimum Gasteiger partial charge on any atom is -0.378 e. The van der Waals surface area contributed by atoms with Crippen LogP contribution in [0.3, 0.4) is 0 Å². The van der Waals surface area contributed by atoms with E-state index in [-0.39, 0.29) is 0 Å². The number of nitrogens with one attached hydrogen (secondary N) is 1. The van der Waals surface area contributed by atoms with Crippen LogP contribution in [0.2, 0.25) is 0 Å². The maximum atomic E-state index is 3.74. The Morgan fingerprint density at radius 3 is 2.63 bits per heavy atom. The monoisotopic (exact) mass is 383 g/mol. The minimum atomic E-state index is 0.490. The van der Waals surface area contributed by atoms with Gasteiger partial charge in [0.25, 0.3) is 0 Å². The van der Waals surface area contributed by atoms with E-state index >= 15 is 0 Å². The largest absolute Gasteiger partial charge is 0.378 e. The Kier molecular flexibility index (Phi) is 3.85. The van der Waals surface area contributed by atoms with Crippen molar-refractivity contribution < 1.29 is 0 Å². The van der Waals surface area contributed by atoms with Crippen molar-refractivity contribution in [3.63, 3.8) is 0 Å². The maximum absolute atomic E-state index is 3.74. The van der Waals surface area contributed by atoms with Gasteiger partial charge >= 0.3 is 0 Å². The Morgan fingerprint density at radius 1 is 1.16 bits per heavy atom. The second-order valence-electron chi connectivity index (χ2n) is 5.39. The molecule has 0 aliphatic heterocycles. The van der Waals surface area contributed by atoms with Gasteiger partial charge in [-0.05, 0) is 90.6 Å². The summed E-state index contributed by atoms with van der Waals surface area (Å²) in [5.41, 5.74) is 5.45. The molecule has 1 aliphatic rings. The molecule has 0 saturated heterocycles. The van der Waals surface area contributed by atoms with E-state index in [0.717, 1.165) is 0 Å². The van der Waals surface area contributed by atoms with Crippen LogP contribution in [0, 0.1) is 16.7 Å². The Labute approximate surface area is 132 Å². The molecule has 0 bridgehead atoms. The lowest BCUT2D eigenvalue weighted by Crippen LogP contribution is -2.15. The van der Waals surface area contributed by atoms with E-state index in [1.165, 1.54) is 44.5 Å². The molecule has 0 spiro atoms. The summed E-state index contributed by atoms with van der Waals surface area (Å²) in [6.45, 7) is 4.33. The quantitative estimate of drug-likeness (QED) is 0.680. The van der Waals surface area contributed by atoms with Gasteiger partial charge in [0.05, 0.1) is 8.93 Å². The highest BCUT2D eigenvalue weighted by molar-refractivity contribution is 14.1. The predicted molar refractivity (Wildman–Crippen MR) is 92.3 cm³/mol. The smallest absolute Gasteiger partial charge is 0.0660 e. The highest BCUT2D eigenvalue weighted by Gasteiger charge is 2.22. The SMILES string of the molecule is Cc1cc(C)cc(NC2CCCc3sc(I)cc32)c1. The number of rotatable bonds is 2. The average Bonchev–Trinajstić information content (AvgIpc) is 2.69. The van der Waals surface area contributed by atoms with Crippen molar-refractivity contribution in [1.82, 2.24) is 0 Å². The fourth-order valence-electron chi connectivity index (χ4n) is 2.93. The molecule has 1 nitrogen and oxygen atoms in total. The van der Waals surface area contributed by atoms with Gasteiger partial charge in [-0.1, -0.05) is 6.07 Å². The topological polar surface area (TPSA) is 12.0 Å². The van der Waals surface area contributed by atoms with Gasteiger partial charge in [-0.15, -0.1) is 11.3 Å². The van der Waals surface area contributed by atoms with Crippen molar-refractivity contribution in [1.29, 1.82) is 0 Å². The Bertz CT molecular complexity index is 583. The first-order valence-corrected chi connectivity index (χ1v) is 8.64. The van der Waals surface area contributed by atoms with Crippen molar-refractivity contribution in [2.75, 3.05) is 5.32 Å². The van der Waals surface area contributed by atoms with E-state index in [9.17, 15) is 0 Å². The number of hydrogen-bond donors (Lipinski definition) is 1. The molecule has 1 aliphatic carbocycles. The van der Waals surface area contributed by atoms with E-state index < -0.39 is 0 Å². The fourth-order valence-corrected chi connectivity index (χ4v) is 5.05. The van der Waals surface area contributed by atoms with Gasteiger partial charge < -0.3 is 5.32 Å². The first-order chi connectivity index (χ1) is 9.11. The molecular weight excluding hydrogens is 365 g/mol. The zero-order valence-corrected chi connectivity index (χ0v) is 14.3. The zero-order valence-electron chi connectivity index (χ0n) is 11.3. The third kappa shape index (κ3) is 2.97. The zero-order chi connectivity index (χ0) is 13.4. The molecule has 1 unspecified atom stereocenters. The normalized spacial score (nSPS) is 18.2. The van der Waals surface area contributed by atoms with Crippen LogP contribution >= 0.6 is 33.9 Å². The number of anilines is 1. The summed E-state index contributed by atoms with van der Waals surface area (Å²) >= 11 is 4.40. The molecule has 1 atom stereocenters. The number of fused-ring (bicyclic) bond motifs is 1. The molecule has 3 heteroatoms. The molecule has 3 rings (SSSR count). The molecule has 1 heterocycles. The van der Waals surface area contributed by atoms with E-state index in [1.807, 2.05) is 11.3 Å². The highest BCUT2D eigenvalue weighted by Crippen LogP contribution is 2.38. The molecule has 0 radical (unpaired) electrons.